The van der Waals surface area contributed by atoms with E-state index in [2.05, 4.69) is 43.2 Å². The fraction of sp³-hybridized carbons (Fsp3) is 0.0909. The number of halogens is 4. The first-order valence-electron chi connectivity index (χ1n) is 4.69. The van der Waals surface area contributed by atoms with Crippen molar-refractivity contribution in [3.05, 3.63) is 47.4 Å². The summed E-state index contributed by atoms with van der Waals surface area (Å²) in [5, 5.41) is 4.38. The highest BCUT2D eigenvalue weighted by Gasteiger charge is 2.06. The molecule has 17 heavy (non-hydrogen) atoms. The van der Waals surface area contributed by atoms with Crippen molar-refractivity contribution in [2.24, 2.45) is 0 Å². The van der Waals surface area contributed by atoms with Crippen LogP contribution in [0.2, 0.25) is 10.0 Å². The maximum atomic E-state index is 6.09. The Balaban J connectivity index is 2.10. The molecular weight excluding hydrogens is 409 g/mol. The van der Waals surface area contributed by atoms with Crippen molar-refractivity contribution < 1.29 is 0 Å². The van der Waals surface area contributed by atoms with E-state index in [-0.39, 0.29) is 0 Å². The predicted molar refractivity (Wildman–Crippen MR) is 83.5 cm³/mol. The Morgan fingerprint density at radius 3 is 2.65 bits per heavy atom. The van der Waals surface area contributed by atoms with Gasteiger partial charge in [0.05, 0.1) is 19.5 Å². The number of anilines is 1. The Kier molecular flexibility index (Phi) is 4.78. The van der Waals surface area contributed by atoms with Gasteiger partial charge in [-0.05, 0) is 50.1 Å². The van der Waals surface area contributed by atoms with Crippen molar-refractivity contribution in [3.8, 4) is 0 Å². The quantitative estimate of drug-likeness (QED) is 0.630. The summed E-state index contributed by atoms with van der Waals surface area (Å²) >= 11 is 20.6. The lowest BCUT2D eigenvalue weighted by molar-refractivity contribution is 1.19. The SMILES string of the molecule is Clc1cccc(NCc2cc(Br)c(Br)s2)c1Cl. The summed E-state index contributed by atoms with van der Waals surface area (Å²) in [5.74, 6) is 0. The maximum Gasteiger partial charge on any atom is 0.0843 e. The minimum absolute atomic E-state index is 0.559. The molecule has 0 saturated heterocycles. The smallest absolute Gasteiger partial charge is 0.0843 e. The first kappa shape index (κ1) is 13.7. The van der Waals surface area contributed by atoms with Crippen LogP contribution in [0, 0.1) is 0 Å². The van der Waals surface area contributed by atoms with E-state index in [1.165, 1.54) is 4.88 Å². The minimum Gasteiger partial charge on any atom is -0.379 e. The number of benzene rings is 1. The molecule has 1 nitrogen and oxygen atoms in total. The van der Waals surface area contributed by atoms with Crippen LogP contribution in [0.1, 0.15) is 4.88 Å². The highest BCUT2D eigenvalue weighted by atomic mass is 79.9. The van der Waals surface area contributed by atoms with Crippen molar-refractivity contribution in [3.63, 3.8) is 0 Å². The molecular formula is C11H7Br2Cl2NS. The van der Waals surface area contributed by atoms with E-state index in [0.29, 0.717) is 10.0 Å². The van der Waals surface area contributed by atoms with Gasteiger partial charge in [0.25, 0.3) is 0 Å². The molecule has 1 aromatic heterocycles. The van der Waals surface area contributed by atoms with Gasteiger partial charge < -0.3 is 5.32 Å². The molecule has 0 fully saturated rings. The Hall–Kier alpha value is 0.260. The lowest BCUT2D eigenvalue weighted by Gasteiger charge is -2.07. The van der Waals surface area contributed by atoms with Crippen LogP contribution in [-0.2, 0) is 6.54 Å². The average molecular weight is 416 g/mol. The molecule has 1 heterocycles. The van der Waals surface area contributed by atoms with Gasteiger partial charge >= 0.3 is 0 Å². The van der Waals surface area contributed by atoms with Crippen molar-refractivity contribution in [1.82, 2.24) is 0 Å². The number of thiophene rings is 1. The summed E-state index contributed by atoms with van der Waals surface area (Å²) in [6.45, 7) is 0.717. The van der Waals surface area contributed by atoms with Crippen molar-refractivity contribution >= 4 is 72.1 Å². The van der Waals surface area contributed by atoms with Gasteiger partial charge in [-0.3, -0.25) is 0 Å². The Morgan fingerprint density at radius 2 is 2.00 bits per heavy atom. The summed E-state index contributed by atoms with van der Waals surface area (Å²) in [6, 6.07) is 7.62. The van der Waals surface area contributed by atoms with Gasteiger partial charge in [-0.2, -0.15) is 0 Å². The first-order chi connectivity index (χ1) is 8.08. The number of hydrogen-bond acceptors (Lipinski definition) is 2. The first-order valence-corrected chi connectivity index (χ1v) is 7.85. The van der Waals surface area contributed by atoms with Crippen LogP contribution in [0.15, 0.2) is 32.5 Å². The molecule has 0 unspecified atom stereocenters. The molecule has 2 aromatic rings. The molecule has 0 spiro atoms. The van der Waals surface area contributed by atoms with Gasteiger partial charge in [-0.25, -0.2) is 0 Å². The van der Waals surface area contributed by atoms with Crippen LogP contribution in [0.4, 0.5) is 5.69 Å². The lowest BCUT2D eigenvalue weighted by atomic mass is 10.3. The summed E-state index contributed by atoms with van der Waals surface area (Å²) in [5.41, 5.74) is 0.847. The van der Waals surface area contributed by atoms with Crippen LogP contribution in [0.3, 0.4) is 0 Å². The third-order valence-corrected chi connectivity index (χ3v) is 6.18. The second-order valence-electron chi connectivity index (χ2n) is 3.29. The molecule has 0 radical (unpaired) electrons. The summed E-state index contributed by atoms with van der Waals surface area (Å²) in [6.07, 6.45) is 0. The molecule has 1 aromatic carbocycles. The lowest BCUT2D eigenvalue weighted by Crippen LogP contribution is -1.97. The zero-order valence-electron chi connectivity index (χ0n) is 8.44. The van der Waals surface area contributed by atoms with E-state index in [9.17, 15) is 0 Å². The Morgan fingerprint density at radius 1 is 1.24 bits per heavy atom. The summed E-state index contributed by atoms with van der Waals surface area (Å²) < 4.78 is 2.16. The fourth-order valence-corrected chi connectivity index (χ4v) is 3.79. The molecule has 0 aliphatic carbocycles. The van der Waals surface area contributed by atoms with Gasteiger partial charge in [-0.15, -0.1) is 11.3 Å². The Labute approximate surface area is 130 Å². The molecule has 1 N–H and O–H groups in total. The molecule has 90 valence electrons. The number of nitrogens with one attached hydrogen (secondary N) is 1. The van der Waals surface area contributed by atoms with Crippen LogP contribution in [0.25, 0.3) is 0 Å². The van der Waals surface area contributed by atoms with Crippen LogP contribution in [0.5, 0.6) is 0 Å². The van der Waals surface area contributed by atoms with Crippen molar-refractivity contribution in [2.45, 2.75) is 6.54 Å². The third kappa shape index (κ3) is 3.38. The molecule has 0 bridgehead atoms. The second-order valence-corrected chi connectivity index (χ2v) is 7.38. The van der Waals surface area contributed by atoms with Gasteiger partial charge in [0.1, 0.15) is 0 Å². The topological polar surface area (TPSA) is 12.0 Å². The summed E-state index contributed by atoms with van der Waals surface area (Å²) in [4.78, 5) is 1.21. The number of rotatable bonds is 3. The van der Waals surface area contributed by atoms with E-state index in [4.69, 9.17) is 23.2 Å². The van der Waals surface area contributed by atoms with Gasteiger partial charge in [0.2, 0.25) is 0 Å². The highest BCUT2D eigenvalue weighted by molar-refractivity contribution is 9.13. The zero-order chi connectivity index (χ0) is 12.4. The molecule has 6 heteroatoms. The van der Waals surface area contributed by atoms with Crippen molar-refractivity contribution in [2.75, 3.05) is 5.32 Å². The molecule has 0 aliphatic rings. The van der Waals surface area contributed by atoms with Gasteiger partial charge in [0.15, 0.2) is 0 Å². The Bertz CT molecular complexity index is 523. The third-order valence-electron chi connectivity index (χ3n) is 2.10. The van der Waals surface area contributed by atoms with Gasteiger partial charge in [0, 0.05) is 15.9 Å². The van der Waals surface area contributed by atoms with E-state index < -0.39 is 0 Å². The van der Waals surface area contributed by atoms with E-state index in [1.54, 1.807) is 17.4 Å². The van der Waals surface area contributed by atoms with E-state index in [1.807, 2.05) is 12.1 Å². The molecule has 0 saturated carbocycles. The monoisotopic (exact) mass is 413 g/mol. The van der Waals surface area contributed by atoms with Crippen LogP contribution >= 0.6 is 66.4 Å². The zero-order valence-corrected chi connectivity index (χ0v) is 13.9. The van der Waals surface area contributed by atoms with Crippen LogP contribution < -0.4 is 5.32 Å². The minimum atomic E-state index is 0.559. The number of hydrogen-bond donors (Lipinski definition) is 1. The molecule has 0 amide bonds. The standard InChI is InChI=1S/C11H7Br2Cl2NS/c12-7-4-6(17-11(7)13)5-16-9-3-1-2-8(14)10(9)15/h1-4,16H,5H2. The van der Waals surface area contributed by atoms with Crippen LogP contribution in [-0.4, -0.2) is 0 Å². The van der Waals surface area contributed by atoms with Crippen molar-refractivity contribution in [1.29, 1.82) is 0 Å². The molecule has 0 atom stereocenters. The summed E-state index contributed by atoms with van der Waals surface area (Å²) in [7, 11) is 0. The van der Waals surface area contributed by atoms with E-state index >= 15 is 0 Å². The fourth-order valence-electron chi connectivity index (χ4n) is 1.30. The normalized spacial score (nSPS) is 10.6. The molecule has 2 rings (SSSR count). The maximum absolute atomic E-state index is 6.09. The molecule has 0 aliphatic heterocycles. The van der Waals surface area contributed by atoms with E-state index in [0.717, 1.165) is 20.5 Å². The second kappa shape index (κ2) is 5.93. The highest BCUT2D eigenvalue weighted by Crippen LogP contribution is 2.34. The predicted octanol–water partition coefficient (Wildman–Crippen LogP) is 6.19. The average Bonchev–Trinajstić information content (AvgIpc) is 2.61. The largest absolute Gasteiger partial charge is 0.379 e. The van der Waals surface area contributed by atoms with Gasteiger partial charge in [-0.1, -0.05) is 29.3 Å².